The van der Waals surface area contributed by atoms with Crippen molar-refractivity contribution >= 4 is 58.8 Å². The number of hydrogen-bond donors (Lipinski definition) is 3. The fraction of sp³-hybridized carbons (Fsp3) is 0.516. The highest BCUT2D eigenvalue weighted by Gasteiger charge is 2.49. The van der Waals surface area contributed by atoms with Gasteiger partial charge in [0.2, 0.25) is 14.1 Å². The van der Waals surface area contributed by atoms with Gasteiger partial charge in [-0.1, -0.05) is 81.2 Å². The van der Waals surface area contributed by atoms with Crippen LogP contribution in [0.3, 0.4) is 0 Å². The van der Waals surface area contributed by atoms with Gasteiger partial charge in [0, 0.05) is 34.8 Å². The number of carbonyl (C=O) groups is 1. The standard InChI is InChI=1S/C31H41BrClN3O4SSi/c1-17(2)42(18(3)4,19(5)6)40-26-12-23(11-21(26)15-37)36-31-25(14-34-16-35-31)29(39)27-13-24(30(33)41-27)28(38)20-8-7-9-22(32)10-20/h7-10,13-14,16-19,21,23,26,28,37-38H,11-12,15H2,1-6H3,(H,34,35,36)/t21-,23-,26+,28-/m1/s1. The number of aliphatic hydroxyl groups is 2. The van der Waals surface area contributed by atoms with Gasteiger partial charge in [0.25, 0.3) is 0 Å². The topological polar surface area (TPSA) is 105 Å². The maximum absolute atomic E-state index is 13.7. The summed E-state index contributed by atoms with van der Waals surface area (Å²) < 4.78 is 8.28. The number of carbonyl (C=O) groups excluding carboxylic acids is 1. The van der Waals surface area contributed by atoms with Gasteiger partial charge in [-0.15, -0.1) is 11.3 Å². The number of benzene rings is 1. The summed E-state index contributed by atoms with van der Waals surface area (Å²) in [6, 6.07) is 8.97. The SMILES string of the molecule is CC(C)[Si](O[C@H]1C[C@H](Nc2ncncc2C(=O)c2cc([C@H](O)c3cccc(Br)c3)c(Cl)s2)C[C@@H]1CO)(C(C)C)C(C)C. The molecule has 42 heavy (non-hydrogen) atoms. The molecule has 1 aromatic carbocycles. The number of aliphatic hydroxyl groups excluding tert-OH is 2. The molecular formula is C31H41BrClN3O4SSi. The van der Waals surface area contributed by atoms with Gasteiger partial charge in [-0.2, -0.15) is 0 Å². The largest absolute Gasteiger partial charge is 0.413 e. The van der Waals surface area contributed by atoms with Crippen molar-refractivity contribution in [1.29, 1.82) is 0 Å². The molecule has 11 heteroatoms. The molecule has 3 N–H and O–H groups in total. The van der Waals surface area contributed by atoms with E-state index in [0.717, 1.165) is 22.2 Å². The number of thiophene rings is 1. The molecule has 2 heterocycles. The normalized spacial score (nSPS) is 20.1. The molecule has 0 unspecified atom stereocenters. The van der Waals surface area contributed by atoms with Crippen LogP contribution in [0.5, 0.6) is 0 Å². The average molecular weight is 695 g/mol. The third-order valence-corrected chi connectivity index (χ3v) is 16.6. The first-order valence-corrected chi connectivity index (χ1v) is 18.6. The van der Waals surface area contributed by atoms with Gasteiger partial charge in [0.05, 0.1) is 20.9 Å². The Kier molecular flexibility index (Phi) is 11.1. The summed E-state index contributed by atoms with van der Waals surface area (Å²) in [5.41, 5.74) is 2.81. The second-order valence-corrected chi connectivity index (χ2v) is 20.1. The predicted molar refractivity (Wildman–Crippen MR) is 176 cm³/mol. The summed E-state index contributed by atoms with van der Waals surface area (Å²) in [6.45, 7) is 13.7. The molecule has 1 saturated carbocycles. The van der Waals surface area contributed by atoms with E-state index in [-0.39, 0.29) is 30.5 Å². The van der Waals surface area contributed by atoms with E-state index in [9.17, 15) is 15.0 Å². The minimum Gasteiger partial charge on any atom is -0.413 e. The van der Waals surface area contributed by atoms with Crippen molar-refractivity contribution in [3.8, 4) is 0 Å². The van der Waals surface area contributed by atoms with Crippen LogP contribution in [0.1, 0.15) is 86.9 Å². The van der Waals surface area contributed by atoms with Crippen molar-refractivity contribution in [2.75, 3.05) is 11.9 Å². The fourth-order valence-electron chi connectivity index (χ4n) is 6.69. The Morgan fingerprint density at radius 1 is 1.17 bits per heavy atom. The number of rotatable bonds is 12. The minimum atomic E-state index is -2.14. The molecule has 1 aliphatic rings. The van der Waals surface area contributed by atoms with E-state index in [1.807, 2.05) is 24.3 Å². The smallest absolute Gasteiger partial charge is 0.208 e. The van der Waals surface area contributed by atoms with E-state index in [1.54, 1.807) is 6.07 Å². The second-order valence-electron chi connectivity index (χ2n) is 12.1. The summed E-state index contributed by atoms with van der Waals surface area (Å²) >= 11 is 11.1. The molecule has 4 rings (SSSR count). The Bertz CT molecular complexity index is 1370. The molecule has 0 spiro atoms. The van der Waals surface area contributed by atoms with Crippen LogP contribution < -0.4 is 5.32 Å². The van der Waals surface area contributed by atoms with Crippen molar-refractivity contribution in [1.82, 2.24) is 9.97 Å². The highest BCUT2D eigenvalue weighted by molar-refractivity contribution is 9.10. The number of hydrogen-bond acceptors (Lipinski definition) is 8. The number of anilines is 1. The molecule has 7 nitrogen and oxygen atoms in total. The van der Waals surface area contributed by atoms with Gasteiger partial charge in [-0.05, 0) is 53.2 Å². The van der Waals surface area contributed by atoms with Crippen LogP contribution in [-0.4, -0.2) is 53.0 Å². The Morgan fingerprint density at radius 3 is 2.48 bits per heavy atom. The molecule has 228 valence electrons. The zero-order valence-electron chi connectivity index (χ0n) is 25.0. The minimum absolute atomic E-state index is 0.00443. The number of nitrogens with one attached hydrogen (secondary N) is 1. The lowest BCUT2D eigenvalue weighted by molar-refractivity contribution is 0.0941. The predicted octanol–water partition coefficient (Wildman–Crippen LogP) is 8.01. The van der Waals surface area contributed by atoms with Gasteiger partial charge < -0.3 is 20.0 Å². The molecule has 2 aromatic heterocycles. The van der Waals surface area contributed by atoms with E-state index in [1.165, 1.54) is 12.5 Å². The Morgan fingerprint density at radius 2 is 1.86 bits per heavy atom. The maximum Gasteiger partial charge on any atom is 0.208 e. The van der Waals surface area contributed by atoms with Crippen molar-refractivity contribution in [3.05, 3.63) is 73.2 Å². The van der Waals surface area contributed by atoms with E-state index in [0.29, 0.717) is 54.8 Å². The zero-order chi connectivity index (χ0) is 30.8. The fourth-order valence-corrected chi connectivity index (χ4v) is 14.0. The zero-order valence-corrected chi connectivity index (χ0v) is 29.1. The van der Waals surface area contributed by atoms with Crippen molar-refractivity contribution in [2.24, 2.45) is 5.92 Å². The molecule has 0 saturated heterocycles. The highest BCUT2D eigenvalue weighted by atomic mass is 79.9. The lowest BCUT2D eigenvalue weighted by Gasteiger charge is -2.45. The number of halogens is 2. The monoisotopic (exact) mass is 693 g/mol. The lowest BCUT2D eigenvalue weighted by atomic mass is 10.0. The van der Waals surface area contributed by atoms with Gasteiger partial charge in [-0.25, -0.2) is 9.97 Å². The number of ketones is 1. The van der Waals surface area contributed by atoms with Crippen LogP contribution in [0, 0.1) is 5.92 Å². The van der Waals surface area contributed by atoms with Gasteiger partial charge >= 0.3 is 0 Å². The molecule has 0 amide bonds. The third kappa shape index (κ3) is 6.85. The molecule has 1 aliphatic carbocycles. The Balaban J connectivity index is 1.55. The first-order valence-electron chi connectivity index (χ1n) is 14.5. The number of aromatic nitrogens is 2. The Labute approximate surface area is 267 Å². The van der Waals surface area contributed by atoms with Crippen LogP contribution in [0.25, 0.3) is 0 Å². The molecular weight excluding hydrogens is 654 g/mol. The van der Waals surface area contributed by atoms with Gasteiger partial charge in [0.15, 0.2) is 0 Å². The summed E-state index contributed by atoms with van der Waals surface area (Å²) in [5.74, 6) is 0.175. The first kappa shape index (κ1) is 33.2. The van der Waals surface area contributed by atoms with Crippen molar-refractivity contribution < 1.29 is 19.4 Å². The third-order valence-electron chi connectivity index (χ3n) is 8.62. The van der Waals surface area contributed by atoms with E-state index in [4.69, 9.17) is 16.0 Å². The Hall–Kier alpha value is -1.66. The van der Waals surface area contributed by atoms with Crippen LogP contribution in [0.15, 0.2) is 47.3 Å². The van der Waals surface area contributed by atoms with Crippen molar-refractivity contribution in [3.63, 3.8) is 0 Å². The summed E-state index contributed by atoms with van der Waals surface area (Å²) in [4.78, 5) is 22.6. The summed E-state index contributed by atoms with van der Waals surface area (Å²) in [7, 11) is -2.14. The lowest BCUT2D eigenvalue weighted by Crippen LogP contribution is -2.51. The van der Waals surface area contributed by atoms with E-state index in [2.05, 4.69) is 72.8 Å². The first-order chi connectivity index (χ1) is 19.9. The van der Waals surface area contributed by atoms with E-state index < -0.39 is 14.4 Å². The molecule has 4 atom stereocenters. The second kappa shape index (κ2) is 14.0. The highest BCUT2D eigenvalue weighted by Crippen LogP contribution is 2.46. The number of nitrogens with zero attached hydrogens (tertiary/aromatic N) is 2. The molecule has 0 aliphatic heterocycles. The summed E-state index contributed by atoms with van der Waals surface area (Å²) in [5, 5.41) is 24.7. The van der Waals surface area contributed by atoms with Gasteiger partial charge in [0.1, 0.15) is 18.2 Å². The van der Waals surface area contributed by atoms with Crippen LogP contribution in [0.4, 0.5) is 5.82 Å². The van der Waals surface area contributed by atoms with Crippen LogP contribution in [0.2, 0.25) is 21.0 Å². The maximum atomic E-state index is 13.7. The summed E-state index contributed by atoms with van der Waals surface area (Å²) in [6.07, 6.45) is 3.33. The molecule has 3 aromatic rings. The van der Waals surface area contributed by atoms with Crippen molar-refractivity contribution in [2.45, 2.75) is 89.3 Å². The quantitative estimate of drug-likeness (QED) is 0.130. The van der Waals surface area contributed by atoms with Crippen LogP contribution >= 0.6 is 38.9 Å². The molecule has 0 radical (unpaired) electrons. The average Bonchev–Trinajstić information content (AvgIpc) is 3.52. The molecule has 0 bridgehead atoms. The van der Waals surface area contributed by atoms with Crippen LogP contribution in [-0.2, 0) is 4.43 Å². The molecule has 1 fully saturated rings. The van der Waals surface area contributed by atoms with E-state index >= 15 is 0 Å². The van der Waals surface area contributed by atoms with Gasteiger partial charge in [-0.3, -0.25) is 4.79 Å².